The summed E-state index contributed by atoms with van der Waals surface area (Å²) in [5.74, 6) is -1.09. The van der Waals surface area contributed by atoms with E-state index in [1.165, 1.54) is 18.2 Å². The van der Waals surface area contributed by atoms with Crippen LogP contribution in [0.5, 0.6) is 11.5 Å². The van der Waals surface area contributed by atoms with Gasteiger partial charge in [-0.25, -0.2) is 9.59 Å². The van der Waals surface area contributed by atoms with E-state index in [9.17, 15) is 14.7 Å². The normalized spacial score (nSPS) is 12.0. The van der Waals surface area contributed by atoms with Crippen molar-refractivity contribution in [3.05, 3.63) is 58.1 Å². The Hall–Kier alpha value is -2.82. The molecule has 2 rings (SSSR count). The van der Waals surface area contributed by atoms with Gasteiger partial charge in [0.2, 0.25) is 0 Å². The van der Waals surface area contributed by atoms with E-state index in [1.807, 2.05) is 41.5 Å². The highest BCUT2D eigenvalue weighted by Gasteiger charge is 2.28. The van der Waals surface area contributed by atoms with Gasteiger partial charge in [0.15, 0.2) is 0 Å². The summed E-state index contributed by atoms with van der Waals surface area (Å²) >= 11 is 0. The number of aryl methyl sites for hydroxylation is 1. The van der Waals surface area contributed by atoms with Crippen LogP contribution in [0.15, 0.2) is 30.3 Å². The van der Waals surface area contributed by atoms with E-state index < -0.39 is 11.9 Å². The molecule has 5 heteroatoms. The largest absolute Gasteiger partial charge is 0.507 e. The van der Waals surface area contributed by atoms with Crippen LogP contribution >= 0.6 is 0 Å². The van der Waals surface area contributed by atoms with Gasteiger partial charge in [0.25, 0.3) is 0 Å². The summed E-state index contributed by atoms with van der Waals surface area (Å²) < 4.78 is 5.53. The average molecular weight is 384 g/mol. The van der Waals surface area contributed by atoms with Gasteiger partial charge in [-0.05, 0) is 53.6 Å². The van der Waals surface area contributed by atoms with E-state index in [2.05, 4.69) is 0 Å². The number of phenolic OH excluding ortho intramolecular Hbond substituents is 1. The first kappa shape index (κ1) is 21.5. The standard InChI is InChI=1S/C23H28O5/c1-13-10-14(20(25)26)8-9-18(13)28-21(27)15-11-16(22(2,3)4)19(24)17(12-15)23(5,6)7/h8-12,24H,1-7H3,(H,25,26). The number of carbonyl (C=O) groups excluding carboxylic acids is 1. The van der Waals surface area contributed by atoms with Crippen LogP contribution in [0.4, 0.5) is 0 Å². The second-order valence-corrected chi connectivity index (χ2v) is 9.09. The lowest BCUT2D eigenvalue weighted by molar-refractivity contribution is 0.0696. The van der Waals surface area contributed by atoms with Gasteiger partial charge in [-0.2, -0.15) is 0 Å². The van der Waals surface area contributed by atoms with Crippen molar-refractivity contribution in [1.29, 1.82) is 0 Å². The number of hydrogen-bond donors (Lipinski definition) is 2. The highest BCUT2D eigenvalue weighted by atomic mass is 16.5. The fraction of sp³-hybridized carbons (Fsp3) is 0.391. The number of phenols is 1. The minimum atomic E-state index is -1.04. The Kier molecular flexibility index (Phi) is 5.60. The van der Waals surface area contributed by atoms with Gasteiger partial charge < -0.3 is 14.9 Å². The molecule has 2 aromatic carbocycles. The third-order valence-electron chi connectivity index (χ3n) is 4.59. The molecule has 0 amide bonds. The van der Waals surface area contributed by atoms with Crippen molar-refractivity contribution in [3.63, 3.8) is 0 Å². The summed E-state index contributed by atoms with van der Waals surface area (Å²) in [6, 6.07) is 7.66. The van der Waals surface area contributed by atoms with Crippen LogP contribution < -0.4 is 4.74 Å². The lowest BCUT2D eigenvalue weighted by Gasteiger charge is -2.28. The molecule has 5 nitrogen and oxygen atoms in total. The number of aromatic hydroxyl groups is 1. The summed E-state index contributed by atoms with van der Waals surface area (Å²) in [5.41, 5.74) is 1.65. The quantitative estimate of drug-likeness (QED) is 0.560. The molecule has 2 aromatic rings. The molecule has 0 aliphatic heterocycles. The zero-order chi connectivity index (χ0) is 21.4. The van der Waals surface area contributed by atoms with E-state index in [-0.39, 0.29) is 22.1 Å². The van der Waals surface area contributed by atoms with Gasteiger partial charge in [-0.1, -0.05) is 41.5 Å². The SMILES string of the molecule is Cc1cc(C(=O)O)ccc1OC(=O)c1cc(C(C)(C)C)c(O)c(C(C)(C)C)c1. The molecule has 0 fully saturated rings. The molecule has 0 saturated heterocycles. The Bertz CT molecular complexity index is 892. The Balaban J connectivity index is 2.50. The molecule has 0 heterocycles. The molecule has 150 valence electrons. The number of hydrogen-bond acceptors (Lipinski definition) is 4. The highest BCUT2D eigenvalue weighted by molar-refractivity contribution is 5.93. The first-order valence-electron chi connectivity index (χ1n) is 9.16. The van der Waals surface area contributed by atoms with Crippen LogP contribution in [0.2, 0.25) is 0 Å². The fourth-order valence-electron chi connectivity index (χ4n) is 2.95. The van der Waals surface area contributed by atoms with Crippen LogP contribution in [0.3, 0.4) is 0 Å². The predicted octanol–water partition coefficient (Wildman–Crippen LogP) is 5.21. The van der Waals surface area contributed by atoms with Crippen molar-refractivity contribution in [3.8, 4) is 11.5 Å². The fourth-order valence-corrected chi connectivity index (χ4v) is 2.95. The van der Waals surface area contributed by atoms with Crippen LogP contribution in [-0.2, 0) is 10.8 Å². The van der Waals surface area contributed by atoms with Crippen molar-refractivity contribution >= 4 is 11.9 Å². The van der Waals surface area contributed by atoms with Gasteiger partial charge in [-0.3, -0.25) is 0 Å². The maximum atomic E-state index is 12.8. The molecule has 0 aromatic heterocycles. The average Bonchev–Trinajstić information content (AvgIpc) is 2.54. The number of carboxylic acids is 1. The minimum absolute atomic E-state index is 0.131. The predicted molar refractivity (Wildman–Crippen MR) is 109 cm³/mol. The maximum absolute atomic E-state index is 12.8. The van der Waals surface area contributed by atoms with E-state index in [0.29, 0.717) is 28.0 Å². The topological polar surface area (TPSA) is 83.8 Å². The molecule has 0 bridgehead atoms. The monoisotopic (exact) mass is 384 g/mol. The lowest BCUT2D eigenvalue weighted by atomic mass is 9.78. The number of esters is 1. The van der Waals surface area contributed by atoms with Crippen LogP contribution in [0, 0.1) is 6.92 Å². The summed E-state index contributed by atoms with van der Waals surface area (Å²) in [4.78, 5) is 23.9. The summed E-state index contributed by atoms with van der Waals surface area (Å²) in [5, 5.41) is 19.8. The van der Waals surface area contributed by atoms with E-state index in [1.54, 1.807) is 19.1 Å². The van der Waals surface area contributed by atoms with Crippen LogP contribution in [0.1, 0.15) is 78.9 Å². The smallest absolute Gasteiger partial charge is 0.343 e. The van der Waals surface area contributed by atoms with E-state index in [0.717, 1.165) is 0 Å². The summed E-state index contributed by atoms with van der Waals surface area (Å²) in [6.07, 6.45) is 0. The molecule has 28 heavy (non-hydrogen) atoms. The Morgan fingerprint density at radius 3 is 1.75 bits per heavy atom. The molecule has 0 aliphatic rings. The lowest BCUT2D eigenvalue weighted by Crippen LogP contribution is -2.20. The van der Waals surface area contributed by atoms with Crippen molar-refractivity contribution in [2.45, 2.75) is 59.3 Å². The third-order valence-corrected chi connectivity index (χ3v) is 4.59. The molecular formula is C23H28O5. The molecule has 2 N–H and O–H groups in total. The zero-order valence-corrected chi connectivity index (χ0v) is 17.5. The van der Waals surface area contributed by atoms with Crippen molar-refractivity contribution in [2.24, 2.45) is 0 Å². The number of carbonyl (C=O) groups is 2. The summed E-state index contributed by atoms with van der Waals surface area (Å²) in [7, 11) is 0. The van der Waals surface area contributed by atoms with Crippen molar-refractivity contribution in [1.82, 2.24) is 0 Å². The van der Waals surface area contributed by atoms with Gasteiger partial charge in [0, 0.05) is 11.1 Å². The number of benzene rings is 2. The molecule has 0 aliphatic carbocycles. The molecule has 0 unspecified atom stereocenters. The van der Waals surface area contributed by atoms with E-state index >= 15 is 0 Å². The molecule has 0 spiro atoms. The highest BCUT2D eigenvalue weighted by Crippen LogP contribution is 2.40. The molecule has 0 atom stereocenters. The van der Waals surface area contributed by atoms with Crippen LogP contribution in [-0.4, -0.2) is 22.2 Å². The van der Waals surface area contributed by atoms with Crippen LogP contribution in [0.25, 0.3) is 0 Å². The first-order valence-corrected chi connectivity index (χ1v) is 9.16. The summed E-state index contributed by atoms with van der Waals surface area (Å²) in [6.45, 7) is 13.5. The Morgan fingerprint density at radius 2 is 1.36 bits per heavy atom. The second-order valence-electron chi connectivity index (χ2n) is 9.09. The number of rotatable bonds is 3. The van der Waals surface area contributed by atoms with Gasteiger partial charge in [0.05, 0.1) is 11.1 Å². The maximum Gasteiger partial charge on any atom is 0.343 e. The van der Waals surface area contributed by atoms with Gasteiger partial charge in [0.1, 0.15) is 11.5 Å². The minimum Gasteiger partial charge on any atom is -0.507 e. The molecular weight excluding hydrogens is 356 g/mol. The first-order chi connectivity index (χ1) is 12.7. The van der Waals surface area contributed by atoms with Gasteiger partial charge >= 0.3 is 11.9 Å². The van der Waals surface area contributed by atoms with Crippen molar-refractivity contribution < 1.29 is 24.5 Å². The van der Waals surface area contributed by atoms with E-state index in [4.69, 9.17) is 9.84 Å². The third kappa shape index (κ3) is 4.53. The Labute approximate surface area is 166 Å². The van der Waals surface area contributed by atoms with Crippen molar-refractivity contribution in [2.75, 3.05) is 0 Å². The number of aromatic carboxylic acids is 1. The Morgan fingerprint density at radius 1 is 0.857 bits per heavy atom. The second kappa shape index (κ2) is 7.30. The van der Waals surface area contributed by atoms with Gasteiger partial charge in [-0.15, -0.1) is 0 Å². The number of carboxylic acid groups (broad SMARTS) is 1. The zero-order valence-electron chi connectivity index (χ0n) is 17.5. The number of ether oxygens (including phenoxy) is 1. The molecule has 0 radical (unpaired) electrons. The molecule has 0 saturated carbocycles.